The van der Waals surface area contributed by atoms with Crippen LogP contribution in [0, 0.1) is 0 Å². The first-order valence-corrected chi connectivity index (χ1v) is 5.55. The minimum atomic E-state index is -0.418. The molecule has 1 fully saturated rings. The molecule has 1 heterocycles. The van der Waals surface area contributed by atoms with Gasteiger partial charge in [-0.1, -0.05) is 0 Å². The van der Waals surface area contributed by atoms with Crippen molar-refractivity contribution >= 4 is 29.2 Å². The summed E-state index contributed by atoms with van der Waals surface area (Å²) in [6.45, 7) is 1.79. The van der Waals surface area contributed by atoms with Crippen LogP contribution in [0.2, 0.25) is 0 Å². The van der Waals surface area contributed by atoms with Crippen molar-refractivity contribution in [2.24, 2.45) is 0 Å². The molecule has 2 N–H and O–H groups in total. The number of hydrogen-bond donors (Lipinski definition) is 2. The molecule has 1 aromatic rings. The van der Waals surface area contributed by atoms with Crippen LogP contribution in [-0.4, -0.2) is 24.4 Å². The van der Waals surface area contributed by atoms with Crippen molar-refractivity contribution < 1.29 is 14.4 Å². The number of carbonyl (C=O) groups excluding carboxylic acids is 3. The van der Waals surface area contributed by atoms with Gasteiger partial charge in [0.2, 0.25) is 11.8 Å². The zero-order chi connectivity index (χ0) is 13.1. The molecule has 1 saturated heterocycles. The lowest BCUT2D eigenvalue weighted by molar-refractivity contribution is -0.120. The Hall–Kier alpha value is -2.37. The number of nitrogens with one attached hydrogen (secondary N) is 2. The van der Waals surface area contributed by atoms with Crippen LogP contribution in [0.5, 0.6) is 0 Å². The molecule has 0 saturated carbocycles. The van der Waals surface area contributed by atoms with Crippen LogP contribution in [0.4, 0.5) is 16.2 Å². The Bertz CT molecular complexity index is 496. The third-order valence-corrected chi connectivity index (χ3v) is 2.55. The number of benzene rings is 1. The van der Waals surface area contributed by atoms with Gasteiger partial charge in [0.1, 0.15) is 0 Å². The van der Waals surface area contributed by atoms with Gasteiger partial charge in [-0.15, -0.1) is 0 Å². The van der Waals surface area contributed by atoms with Crippen molar-refractivity contribution in [3.05, 3.63) is 24.3 Å². The maximum absolute atomic E-state index is 11.6. The molecule has 1 aromatic carbocycles. The minimum absolute atomic E-state index is 0.149. The van der Waals surface area contributed by atoms with E-state index in [1.807, 2.05) is 0 Å². The normalized spacial score (nSPS) is 15.3. The summed E-state index contributed by atoms with van der Waals surface area (Å²) < 4.78 is 0. The Labute approximate surface area is 104 Å². The summed E-state index contributed by atoms with van der Waals surface area (Å²) in [5, 5.41) is 4.89. The van der Waals surface area contributed by atoms with Crippen molar-refractivity contribution in [2.45, 2.75) is 13.3 Å². The van der Waals surface area contributed by atoms with Gasteiger partial charge in [-0.3, -0.25) is 19.8 Å². The van der Waals surface area contributed by atoms with Gasteiger partial charge in [-0.25, -0.2) is 4.79 Å². The minimum Gasteiger partial charge on any atom is -0.326 e. The van der Waals surface area contributed by atoms with E-state index >= 15 is 0 Å². The Balaban J connectivity index is 2.12. The summed E-state index contributed by atoms with van der Waals surface area (Å²) in [5.41, 5.74) is 1.36. The van der Waals surface area contributed by atoms with Gasteiger partial charge >= 0.3 is 6.03 Å². The molecule has 1 aliphatic rings. The molecule has 18 heavy (non-hydrogen) atoms. The third kappa shape index (κ3) is 2.65. The van der Waals surface area contributed by atoms with Crippen molar-refractivity contribution in [2.75, 3.05) is 16.8 Å². The number of anilines is 2. The second kappa shape index (κ2) is 4.87. The predicted molar refractivity (Wildman–Crippen MR) is 66.2 cm³/mol. The molecule has 0 bridgehead atoms. The van der Waals surface area contributed by atoms with Gasteiger partial charge in [0, 0.05) is 31.3 Å². The molecule has 0 aromatic heterocycles. The van der Waals surface area contributed by atoms with Crippen LogP contribution >= 0.6 is 0 Å². The van der Waals surface area contributed by atoms with Gasteiger partial charge in [-0.05, 0) is 24.3 Å². The highest BCUT2D eigenvalue weighted by Gasteiger charge is 2.23. The average Bonchev–Trinajstić information content (AvgIpc) is 2.30. The van der Waals surface area contributed by atoms with Crippen LogP contribution in [0.15, 0.2) is 24.3 Å². The monoisotopic (exact) mass is 247 g/mol. The maximum atomic E-state index is 11.6. The molecular weight excluding hydrogens is 234 g/mol. The van der Waals surface area contributed by atoms with Crippen LogP contribution in [0.1, 0.15) is 13.3 Å². The summed E-state index contributed by atoms with van der Waals surface area (Å²) in [4.78, 5) is 35.0. The van der Waals surface area contributed by atoms with Crippen molar-refractivity contribution in [1.82, 2.24) is 5.32 Å². The molecule has 0 radical (unpaired) electrons. The lowest BCUT2D eigenvalue weighted by atomic mass is 10.2. The SMILES string of the molecule is CC(=O)Nc1ccc(N2CCC(=O)NC2=O)cc1. The summed E-state index contributed by atoms with van der Waals surface area (Å²) in [6.07, 6.45) is 0.291. The largest absolute Gasteiger partial charge is 0.328 e. The van der Waals surface area contributed by atoms with Crippen molar-refractivity contribution in [1.29, 1.82) is 0 Å². The Morgan fingerprint density at radius 1 is 1.28 bits per heavy atom. The lowest BCUT2D eigenvalue weighted by Gasteiger charge is -2.26. The maximum Gasteiger partial charge on any atom is 0.328 e. The number of urea groups is 1. The first-order chi connectivity index (χ1) is 8.56. The fraction of sp³-hybridized carbons (Fsp3) is 0.250. The summed E-state index contributed by atoms with van der Waals surface area (Å²) >= 11 is 0. The number of carbonyl (C=O) groups is 3. The van der Waals surface area contributed by atoms with E-state index in [1.54, 1.807) is 24.3 Å². The van der Waals surface area contributed by atoms with E-state index in [-0.39, 0.29) is 11.8 Å². The van der Waals surface area contributed by atoms with Gasteiger partial charge in [-0.2, -0.15) is 0 Å². The van der Waals surface area contributed by atoms with E-state index in [4.69, 9.17) is 0 Å². The molecule has 4 amide bonds. The molecule has 0 aliphatic carbocycles. The third-order valence-electron chi connectivity index (χ3n) is 2.55. The van der Waals surface area contributed by atoms with Crippen molar-refractivity contribution in [3.8, 4) is 0 Å². The average molecular weight is 247 g/mol. The van der Waals surface area contributed by atoms with Crippen LogP contribution < -0.4 is 15.5 Å². The lowest BCUT2D eigenvalue weighted by Crippen LogP contribution is -2.49. The summed E-state index contributed by atoms with van der Waals surface area (Å²) in [7, 11) is 0. The number of imide groups is 1. The number of hydrogen-bond acceptors (Lipinski definition) is 3. The van der Waals surface area contributed by atoms with Gasteiger partial charge in [0.05, 0.1) is 0 Å². The quantitative estimate of drug-likeness (QED) is 0.821. The molecule has 94 valence electrons. The van der Waals surface area contributed by atoms with E-state index in [2.05, 4.69) is 10.6 Å². The molecule has 0 unspecified atom stereocenters. The van der Waals surface area contributed by atoms with E-state index in [9.17, 15) is 14.4 Å². The highest BCUT2D eigenvalue weighted by atomic mass is 16.2. The fourth-order valence-corrected chi connectivity index (χ4v) is 1.74. The number of rotatable bonds is 2. The van der Waals surface area contributed by atoms with Gasteiger partial charge in [0.15, 0.2) is 0 Å². The smallest absolute Gasteiger partial charge is 0.326 e. The zero-order valence-electron chi connectivity index (χ0n) is 9.90. The highest BCUT2D eigenvalue weighted by Crippen LogP contribution is 2.19. The Morgan fingerprint density at radius 3 is 2.50 bits per heavy atom. The first-order valence-electron chi connectivity index (χ1n) is 5.55. The van der Waals surface area contributed by atoms with Gasteiger partial charge < -0.3 is 5.32 Å². The fourth-order valence-electron chi connectivity index (χ4n) is 1.74. The standard InChI is InChI=1S/C12H13N3O3/c1-8(16)13-9-2-4-10(5-3-9)15-7-6-11(17)14-12(15)18/h2-5H,6-7H2,1H3,(H,13,16)(H,14,17,18). The highest BCUT2D eigenvalue weighted by molar-refractivity contribution is 6.05. The Morgan fingerprint density at radius 2 is 1.94 bits per heavy atom. The topological polar surface area (TPSA) is 78.5 Å². The molecule has 6 heteroatoms. The number of amides is 4. The van der Waals surface area contributed by atoms with Crippen LogP contribution in [0.3, 0.4) is 0 Å². The van der Waals surface area contributed by atoms with E-state index < -0.39 is 6.03 Å². The molecule has 6 nitrogen and oxygen atoms in total. The van der Waals surface area contributed by atoms with Crippen molar-refractivity contribution in [3.63, 3.8) is 0 Å². The second-order valence-electron chi connectivity index (χ2n) is 3.98. The molecule has 0 atom stereocenters. The molecular formula is C12H13N3O3. The van der Waals surface area contributed by atoms with Crippen LogP contribution in [0.25, 0.3) is 0 Å². The predicted octanol–water partition coefficient (Wildman–Crippen LogP) is 1.09. The second-order valence-corrected chi connectivity index (χ2v) is 3.98. The summed E-state index contributed by atoms with van der Waals surface area (Å²) in [6, 6.07) is 6.45. The van der Waals surface area contributed by atoms with E-state index in [1.165, 1.54) is 11.8 Å². The molecule has 1 aliphatic heterocycles. The Kier molecular flexibility index (Phi) is 3.27. The van der Waals surface area contributed by atoms with E-state index in [0.717, 1.165) is 0 Å². The molecule has 2 rings (SSSR count). The van der Waals surface area contributed by atoms with Gasteiger partial charge in [0.25, 0.3) is 0 Å². The number of nitrogens with zero attached hydrogens (tertiary/aromatic N) is 1. The zero-order valence-corrected chi connectivity index (χ0v) is 9.90. The molecule has 0 spiro atoms. The van der Waals surface area contributed by atoms with Crippen LogP contribution in [-0.2, 0) is 9.59 Å². The van der Waals surface area contributed by atoms with E-state index in [0.29, 0.717) is 24.3 Å². The summed E-state index contributed by atoms with van der Waals surface area (Å²) in [5.74, 6) is -0.407. The first kappa shape index (κ1) is 12.1.